The fourth-order valence-corrected chi connectivity index (χ4v) is 3.47. The third-order valence-corrected chi connectivity index (χ3v) is 4.77. The summed E-state index contributed by atoms with van der Waals surface area (Å²) in [5.74, 6) is 0. The Kier molecular flexibility index (Phi) is 2.79. The summed E-state index contributed by atoms with van der Waals surface area (Å²) < 4.78 is 2.16. The summed E-state index contributed by atoms with van der Waals surface area (Å²) in [6, 6.07) is 12.9. The van der Waals surface area contributed by atoms with E-state index >= 15 is 0 Å². The van der Waals surface area contributed by atoms with Gasteiger partial charge >= 0.3 is 0 Å². The SMILES string of the molecule is Cc1cc[n+](-c2ccc(-c3cccs3)s2)cc1. The summed E-state index contributed by atoms with van der Waals surface area (Å²) in [6.45, 7) is 2.11. The molecule has 0 fully saturated rings. The van der Waals surface area contributed by atoms with Gasteiger partial charge < -0.3 is 0 Å². The van der Waals surface area contributed by atoms with Gasteiger partial charge in [0.05, 0.1) is 4.88 Å². The Morgan fingerprint density at radius 2 is 1.76 bits per heavy atom. The molecule has 84 valence electrons. The van der Waals surface area contributed by atoms with Gasteiger partial charge in [-0.3, -0.25) is 0 Å². The number of aryl methyl sites for hydroxylation is 1. The van der Waals surface area contributed by atoms with Crippen molar-refractivity contribution in [2.45, 2.75) is 6.92 Å². The zero-order valence-electron chi connectivity index (χ0n) is 9.46. The molecule has 17 heavy (non-hydrogen) atoms. The van der Waals surface area contributed by atoms with E-state index in [0.29, 0.717) is 0 Å². The van der Waals surface area contributed by atoms with Crippen molar-refractivity contribution in [2.24, 2.45) is 0 Å². The first kappa shape index (κ1) is 10.7. The Balaban J connectivity index is 1.98. The van der Waals surface area contributed by atoms with Gasteiger partial charge in [0, 0.05) is 23.1 Å². The van der Waals surface area contributed by atoms with Gasteiger partial charge in [-0.15, -0.1) is 11.3 Å². The highest BCUT2D eigenvalue weighted by atomic mass is 32.1. The predicted octanol–water partition coefficient (Wildman–Crippen LogP) is 4.06. The Labute approximate surface area is 109 Å². The van der Waals surface area contributed by atoms with E-state index in [4.69, 9.17) is 0 Å². The average Bonchev–Trinajstić information content (AvgIpc) is 3.00. The van der Waals surface area contributed by atoms with Crippen LogP contribution in [0.2, 0.25) is 0 Å². The van der Waals surface area contributed by atoms with E-state index in [1.807, 2.05) is 11.3 Å². The lowest BCUT2D eigenvalue weighted by Crippen LogP contribution is -2.27. The van der Waals surface area contributed by atoms with E-state index in [9.17, 15) is 0 Å². The number of pyridine rings is 1. The first-order valence-corrected chi connectivity index (χ1v) is 7.14. The lowest BCUT2D eigenvalue weighted by molar-refractivity contribution is -0.591. The van der Waals surface area contributed by atoms with E-state index in [-0.39, 0.29) is 0 Å². The molecular formula is C14H12NS2+. The van der Waals surface area contributed by atoms with Crippen LogP contribution in [0.3, 0.4) is 0 Å². The van der Waals surface area contributed by atoms with Crippen LogP contribution in [0.25, 0.3) is 14.8 Å². The second-order valence-corrected chi connectivity index (χ2v) is 5.91. The molecule has 0 bridgehead atoms. The van der Waals surface area contributed by atoms with Crippen LogP contribution in [-0.2, 0) is 0 Å². The molecule has 0 amide bonds. The number of rotatable bonds is 2. The second kappa shape index (κ2) is 4.43. The van der Waals surface area contributed by atoms with Gasteiger partial charge in [-0.2, -0.15) is 4.57 Å². The fourth-order valence-electron chi connectivity index (χ4n) is 1.67. The summed E-state index contributed by atoms with van der Waals surface area (Å²) in [6.07, 6.45) is 4.22. The molecule has 0 aromatic carbocycles. The minimum absolute atomic E-state index is 1.26. The lowest BCUT2D eigenvalue weighted by Gasteiger charge is -1.91. The second-order valence-electron chi connectivity index (χ2n) is 3.90. The van der Waals surface area contributed by atoms with Crippen LogP contribution in [0.15, 0.2) is 54.2 Å². The van der Waals surface area contributed by atoms with Crippen LogP contribution in [0.1, 0.15) is 5.56 Å². The smallest absolute Gasteiger partial charge is 0.158 e. The summed E-state index contributed by atoms with van der Waals surface area (Å²) in [7, 11) is 0. The molecule has 0 saturated heterocycles. The monoisotopic (exact) mass is 258 g/mol. The normalized spacial score (nSPS) is 10.6. The summed E-state index contributed by atoms with van der Waals surface area (Å²) in [4.78, 5) is 2.68. The van der Waals surface area contributed by atoms with Crippen molar-refractivity contribution in [3.63, 3.8) is 0 Å². The maximum Gasteiger partial charge on any atom is 0.267 e. The molecule has 0 aliphatic heterocycles. The molecule has 3 heteroatoms. The Morgan fingerprint density at radius 3 is 2.47 bits per heavy atom. The molecule has 1 nitrogen and oxygen atoms in total. The van der Waals surface area contributed by atoms with Crippen LogP contribution in [0.5, 0.6) is 0 Å². The number of aromatic nitrogens is 1. The number of hydrogen-bond donors (Lipinski definition) is 0. The molecule has 0 atom stereocenters. The minimum atomic E-state index is 1.26. The van der Waals surface area contributed by atoms with Gasteiger partial charge in [-0.1, -0.05) is 17.4 Å². The molecule has 3 aromatic heterocycles. The zero-order valence-corrected chi connectivity index (χ0v) is 11.1. The highest BCUT2D eigenvalue weighted by Crippen LogP contribution is 2.31. The van der Waals surface area contributed by atoms with Crippen LogP contribution >= 0.6 is 22.7 Å². The molecule has 3 heterocycles. The molecule has 0 unspecified atom stereocenters. The molecule has 0 spiro atoms. The van der Waals surface area contributed by atoms with E-state index in [1.54, 1.807) is 11.3 Å². The third kappa shape index (κ3) is 2.16. The molecule has 3 aromatic rings. The van der Waals surface area contributed by atoms with Gasteiger partial charge in [-0.25, -0.2) is 0 Å². The standard InChI is InChI=1S/C14H12NS2/c1-11-6-8-15(9-7-11)14-5-4-13(17-14)12-3-2-10-16-12/h2-10H,1H3/q+1. The van der Waals surface area contributed by atoms with Crippen LogP contribution in [0.4, 0.5) is 0 Å². The molecule has 0 radical (unpaired) electrons. The first-order valence-electron chi connectivity index (χ1n) is 5.45. The maximum absolute atomic E-state index is 2.19. The van der Waals surface area contributed by atoms with Crippen LogP contribution in [0, 0.1) is 6.92 Å². The molecule has 0 aliphatic rings. The maximum atomic E-state index is 2.19. The van der Waals surface area contributed by atoms with E-state index in [1.165, 1.54) is 20.3 Å². The van der Waals surface area contributed by atoms with Crippen LogP contribution < -0.4 is 4.57 Å². The molecule has 0 aliphatic carbocycles. The van der Waals surface area contributed by atoms with Crippen molar-refractivity contribution in [3.8, 4) is 14.8 Å². The van der Waals surface area contributed by atoms with Crippen molar-refractivity contribution >= 4 is 22.7 Å². The van der Waals surface area contributed by atoms with Gasteiger partial charge in [-0.05, 0) is 30.0 Å². The highest BCUT2D eigenvalue weighted by Gasteiger charge is 2.10. The minimum Gasteiger partial charge on any atom is -0.158 e. The topological polar surface area (TPSA) is 3.88 Å². The van der Waals surface area contributed by atoms with Crippen LogP contribution in [-0.4, -0.2) is 0 Å². The molecular weight excluding hydrogens is 246 g/mol. The van der Waals surface area contributed by atoms with Gasteiger partial charge in [0.2, 0.25) is 0 Å². The quantitative estimate of drug-likeness (QED) is 0.610. The van der Waals surface area contributed by atoms with Crippen molar-refractivity contribution in [1.82, 2.24) is 0 Å². The third-order valence-electron chi connectivity index (χ3n) is 2.61. The van der Waals surface area contributed by atoms with Gasteiger partial charge in [0.1, 0.15) is 0 Å². The average molecular weight is 258 g/mol. The van der Waals surface area contributed by atoms with Crippen molar-refractivity contribution in [2.75, 3.05) is 0 Å². The number of nitrogens with zero attached hydrogens (tertiary/aromatic N) is 1. The summed E-state index contributed by atoms with van der Waals surface area (Å²) >= 11 is 3.61. The predicted molar refractivity (Wildman–Crippen MR) is 73.9 cm³/mol. The number of thiophene rings is 2. The largest absolute Gasteiger partial charge is 0.267 e. The van der Waals surface area contributed by atoms with Gasteiger partial charge in [0.25, 0.3) is 5.00 Å². The van der Waals surface area contributed by atoms with Crippen molar-refractivity contribution in [3.05, 3.63) is 59.7 Å². The summed E-state index contributed by atoms with van der Waals surface area (Å²) in [5, 5.41) is 3.38. The van der Waals surface area contributed by atoms with E-state index < -0.39 is 0 Å². The highest BCUT2D eigenvalue weighted by molar-refractivity contribution is 7.22. The summed E-state index contributed by atoms with van der Waals surface area (Å²) in [5.41, 5.74) is 1.29. The first-order chi connectivity index (χ1) is 8.33. The molecule has 0 N–H and O–H groups in total. The van der Waals surface area contributed by atoms with E-state index in [2.05, 4.69) is 65.7 Å². The molecule has 0 saturated carbocycles. The fraction of sp³-hybridized carbons (Fsp3) is 0.0714. The Morgan fingerprint density at radius 1 is 0.941 bits per heavy atom. The van der Waals surface area contributed by atoms with Crippen molar-refractivity contribution in [1.29, 1.82) is 0 Å². The molecule has 3 rings (SSSR count). The zero-order chi connectivity index (χ0) is 11.7. The van der Waals surface area contributed by atoms with Crippen molar-refractivity contribution < 1.29 is 4.57 Å². The lowest BCUT2D eigenvalue weighted by atomic mass is 10.3. The number of hydrogen-bond acceptors (Lipinski definition) is 2. The van der Waals surface area contributed by atoms with Gasteiger partial charge in [0.15, 0.2) is 12.4 Å². The Bertz CT molecular complexity index is 606. The Hall–Kier alpha value is -1.45. The van der Waals surface area contributed by atoms with E-state index in [0.717, 1.165) is 0 Å².